The van der Waals surface area contributed by atoms with Gasteiger partial charge in [0.2, 0.25) is 11.8 Å². The number of carbonyl (C=O) groups is 10. The van der Waals surface area contributed by atoms with E-state index in [0.29, 0.717) is 68.2 Å². The van der Waals surface area contributed by atoms with E-state index in [2.05, 4.69) is 26.3 Å². The Bertz CT molecular complexity index is 4170. The smallest absolute Gasteiger partial charge is 0.415 e. The summed E-state index contributed by atoms with van der Waals surface area (Å²) in [5.41, 5.74) is 12.3. The van der Waals surface area contributed by atoms with Crippen LogP contribution in [0.2, 0.25) is 0 Å². The fraction of sp³-hybridized carbons (Fsp3) is 0.338. The molecule has 0 unspecified atom stereocenters. The Balaban J connectivity index is 0.743. The highest BCUT2D eigenvalue weighted by molar-refractivity contribution is 6.32. The third-order valence-corrected chi connectivity index (χ3v) is 17.3. The minimum Gasteiger partial charge on any atom is -0.491 e. The number of nitrogens with two attached hydrogens (primary N) is 1. The number of imide groups is 1. The first-order valence-corrected chi connectivity index (χ1v) is 32.2. The van der Waals surface area contributed by atoms with Gasteiger partial charge in [-0.25, -0.2) is 24.3 Å². The fourth-order valence-corrected chi connectivity index (χ4v) is 11.5. The van der Waals surface area contributed by atoms with Gasteiger partial charge in [-0.3, -0.25) is 33.6 Å². The summed E-state index contributed by atoms with van der Waals surface area (Å²) in [7, 11) is 3.05. The number of likely N-dealkylation sites (N-methyl/N-ethyl adjacent to an activating group) is 2. The average molecular weight is 1340 g/mol. The van der Waals surface area contributed by atoms with Gasteiger partial charge < -0.3 is 65.0 Å². The zero-order valence-electron chi connectivity index (χ0n) is 55.2. The Hall–Kier alpha value is -10.7. The molecule has 25 nitrogen and oxygen atoms in total. The first-order chi connectivity index (χ1) is 46.4. The number of hydrogen-bond donors (Lipinski definition) is 5. The number of imidazole rings is 1. The topological polar surface area (TPSA) is 312 Å². The van der Waals surface area contributed by atoms with E-state index in [-0.39, 0.29) is 112 Å². The summed E-state index contributed by atoms with van der Waals surface area (Å²) in [4.78, 5) is 142. The second-order valence-electron chi connectivity index (χ2n) is 24.3. The van der Waals surface area contributed by atoms with Crippen LogP contribution in [0.5, 0.6) is 11.5 Å². The number of aromatic nitrogens is 2. The molecule has 5 aromatic carbocycles. The Morgan fingerprint density at radius 3 is 2.13 bits per heavy atom. The van der Waals surface area contributed by atoms with Crippen molar-refractivity contribution in [1.29, 1.82) is 0 Å². The number of ether oxygens (including phenoxy) is 4. The number of carbonyl (C=O) groups excluding carboxylic acids is 10. The number of alkyl halides is 1. The highest BCUT2D eigenvalue weighted by atomic mass is 35.5. The molecule has 3 atom stereocenters. The lowest BCUT2D eigenvalue weighted by Crippen LogP contribution is -2.47. The van der Waals surface area contributed by atoms with Crippen LogP contribution < -0.4 is 46.3 Å². The van der Waals surface area contributed by atoms with Gasteiger partial charge in [0.1, 0.15) is 42.7 Å². The number of amides is 10. The first-order valence-electron chi connectivity index (χ1n) is 31.6. The number of Topliss-reactive ketones (excluding diaryl/α,β-unsaturated/α-hetero) is 1. The number of hydrogen-bond acceptors (Lipinski definition) is 15. The van der Waals surface area contributed by atoms with Crippen molar-refractivity contribution in [2.24, 2.45) is 17.6 Å². The second-order valence-corrected chi connectivity index (χ2v) is 24.6. The molecule has 2 aromatic heterocycles. The van der Waals surface area contributed by atoms with Crippen LogP contribution >= 0.6 is 11.6 Å². The van der Waals surface area contributed by atoms with Gasteiger partial charge in [-0.1, -0.05) is 61.9 Å². The number of halogens is 1. The number of fused-ring (bicyclic) bond motifs is 4. The van der Waals surface area contributed by atoms with Gasteiger partial charge in [-0.15, -0.1) is 11.6 Å². The number of urea groups is 1. The van der Waals surface area contributed by atoms with Crippen molar-refractivity contribution < 1.29 is 66.9 Å². The quantitative estimate of drug-likeness (QED) is 0.0173. The lowest BCUT2D eigenvalue weighted by Gasteiger charge is -2.24. The molecular formula is C71H78ClN11O14. The Morgan fingerprint density at radius 2 is 1.46 bits per heavy atom. The SMILES string of the molecule is CC1=C(C)C(=O)N(c2ccc(OCCOCC(=O)N[C@H](C(=O)C[C@@H](CCCNC(N)=O)C(=O)Nc3ccc(COC(=O)N(C)CCN(C)C(=O)Oc4cc5c(c6c(C)cccc46)[C@H](CCl)CN5C(=O)c4cn5cc(NC(=O)c6ccc(C)cc6)ccc5n4)cc3)C(C)C)cc2)C1=O. The van der Waals surface area contributed by atoms with Crippen molar-refractivity contribution in [3.8, 4) is 11.5 Å². The molecule has 0 bridgehead atoms. The Morgan fingerprint density at radius 1 is 0.784 bits per heavy atom. The molecule has 0 aliphatic carbocycles. The minimum atomic E-state index is -0.963. The third-order valence-electron chi connectivity index (χ3n) is 16.9. The van der Waals surface area contributed by atoms with E-state index in [1.807, 2.05) is 44.2 Å². The summed E-state index contributed by atoms with van der Waals surface area (Å²) in [5, 5.41) is 12.4. The number of pyridine rings is 1. The molecule has 2 aliphatic heterocycles. The van der Waals surface area contributed by atoms with E-state index in [1.165, 1.54) is 23.9 Å². The van der Waals surface area contributed by atoms with Crippen LogP contribution in [0.25, 0.3) is 16.4 Å². The number of benzene rings is 5. The molecule has 0 fully saturated rings. The number of rotatable bonds is 28. The van der Waals surface area contributed by atoms with Crippen molar-refractivity contribution >= 4 is 110 Å². The van der Waals surface area contributed by atoms with Crippen LogP contribution in [0.3, 0.4) is 0 Å². The number of nitrogens with zero attached hydrogens (tertiary/aromatic N) is 6. The van der Waals surface area contributed by atoms with Gasteiger partial charge in [-0.05, 0) is 129 Å². The van der Waals surface area contributed by atoms with Crippen LogP contribution in [0, 0.1) is 25.7 Å². The Kier molecular flexibility index (Phi) is 23.1. The molecule has 10 amide bonds. The van der Waals surface area contributed by atoms with Gasteiger partial charge in [0.15, 0.2) is 5.78 Å². The maximum Gasteiger partial charge on any atom is 0.415 e. The van der Waals surface area contributed by atoms with Crippen molar-refractivity contribution in [2.75, 3.05) is 86.4 Å². The fourth-order valence-electron chi connectivity index (χ4n) is 11.3. The Labute approximate surface area is 565 Å². The third kappa shape index (κ3) is 17.3. The van der Waals surface area contributed by atoms with Gasteiger partial charge in [0.25, 0.3) is 23.6 Å². The van der Waals surface area contributed by atoms with E-state index >= 15 is 0 Å². The molecule has 4 heterocycles. The summed E-state index contributed by atoms with van der Waals surface area (Å²) in [6.45, 7) is 10.7. The molecule has 2 aliphatic rings. The number of ketones is 1. The summed E-state index contributed by atoms with van der Waals surface area (Å²) in [5.74, 6) is -3.52. The zero-order valence-corrected chi connectivity index (χ0v) is 56.0. The van der Waals surface area contributed by atoms with E-state index in [0.717, 1.165) is 27.0 Å². The molecule has 7 aromatic rings. The highest BCUT2D eigenvalue weighted by Crippen LogP contribution is 2.47. The molecule has 0 radical (unpaired) electrons. The summed E-state index contributed by atoms with van der Waals surface area (Å²) < 4.78 is 24.6. The van der Waals surface area contributed by atoms with Crippen LogP contribution in [-0.4, -0.2) is 151 Å². The number of nitrogens with one attached hydrogen (secondary N) is 4. The molecule has 6 N–H and O–H groups in total. The monoisotopic (exact) mass is 1340 g/mol. The summed E-state index contributed by atoms with van der Waals surface area (Å²) >= 11 is 6.63. The molecule has 0 saturated heterocycles. The summed E-state index contributed by atoms with van der Waals surface area (Å²) in [6, 6.07) is 29.2. The van der Waals surface area contributed by atoms with Crippen LogP contribution in [0.4, 0.5) is 37.1 Å². The van der Waals surface area contributed by atoms with Gasteiger partial charge >= 0.3 is 18.2 Å². The van der Waals surface area contributed by atoms with Gasteiger partial charge in [-0.2, -0.15) is 0 Å². The standard InChI is InChI=1S/C71H78ClN11O14/c1-41(2)63(78-60(85)40-94-31-32-95-53-25-23-52(24-26-53)83-66(88)44(5)45(6)67(83)89)57(84)33-48(12-10-28-74-69(73)91)65(87)75-50-20-16-46(17-21-50)39-96-70(92)79(7)29-30-80(8)71(93)97-58-34-56-62(61-43(4)11-9-13-54(58)61)49(35-72)36-82(56)68(90)55-38-81-37-51(22-27-59(81)77-55)76-64(86)47-18-14-42(3)15-19-47/h9,11,13-27,34,37-38,41,48-49,63H,10,12,28-33,35-36,39-40H2,1-8H3,(H,75,87)(H,76,86)(H,78,85)(H3,73,74,91)/t48-,49-,63+/m1/s1. The van der Waals surface area contributed by atoms with Crippen molar-refractivity contribution in [1.82, 2.24) is 29.8 Å². The molecule has 0 saturated carbocycles. The lowest BCUT2D eigenvalue weighted by atomic mass is 9.89. The van der Waals surface area contributed by atoms with E-state index < -0.39 is 53.7 Å². The largest absolute Gasteiger partial charge is 0.491 e. The molecule has 0 spiro atoms. The minimum absolute atomic E-state index is 0.0208. The molecule has 97 heavy (non-hydrogen) atoms. The average Bonchev–Trinajstić information content (AvgIpc) is 1.63. The van der Waals surface area contributed by atoms with Crippen LogP contribution in [0.15, 0.2) is 133 Å². The van der Waals surface area contributed by atoms with Crippen LogP contribution in [-0.2, 0) is 40.1 Å². The van der Waals surface area contributed by atoms with Gasteiger partial charge in [0.05, 0.1) is 29.7 Å². The van der Waals surface area contributed by atoms with Crippen molar-refractivity contribution in [3.05, 3.63) is 166 Å². The molecule has 26 heteroatoms. The normalized spacial score (nSPS) is 14.1. The number of primary amides is 1. The maximum absolute atomic E-state index is 14.5. The van der Waals surface area contributed by atoms with E-state index in [9.17, 15) is 47.9 Å². The molecule has 508 valence electrons. The maximum atomic E-state index is 14.5. The van der Waals surface area contributed by atoms with Crippen molar-refractivity contribution in [3.63, 3.8) is 0 Å². The van der Waals surface area contributed by atoms with Crippen LogP contribution in [0.1, 0.15) is 96.0 Å². The molecule has 9 rings (SSSR count). The zero-order chi connectivity index (χ0) is 69.8. The van der Waals surface area contributed by atoms with Crippen molar-refractivity contribution in [2.45, 2.75) is 79.4 Å². The predicted octanol–water partition coefficient (Wildman–Crippen LogP) is 9.45. The lowest BCUT2D eigenvalue weighted by molar-refractivity contribution is -0.133. The highest BCUT2D eigenvalue weighted by Gasteiger charge is 2.38. The van der Waals surface area contributed by atoms with E-state index in [4.69, 9.17) is 36.3 Å². The summed E-state index contributed by atoms with van der Waals surface area (Å²) in [6.07, 6.45) is 2.13. The first kappa shape index (κ1) is 70.7. The second kappa shape index (κ2) is 31.7. The van der Waals surface area contributed by atoms with E-state index in [1.54, 1.807) is 128 Å². The number of anilines is 4. The molecular weight excluding hydrogens is 1270 g/mol. The van der Waals surface area contributed by atoms with Gasteiger partial charge in [0, 0.05) is 111 Å². The number of aryl methyl sites for hydroxylation is 2. The predicted molar refractivity (Wildman–Crippen MR) is 365 cm³/mol.